The average molecular weight is 473 g/mol. The van der Waals surface area contributed by atoms with Crippen LogP contribution in [-0.2, 0) is 10.8 Å². The minimum atomic E-state index is -1.48. The molecule has 0 spiro atoms. The maximum atomic E-state index is 9.70. The monoisotopic (exact) mass is 473 g/mol. The van der Waals surface area contributed by atoms with Crippen molar-refractivity contribution in [1.82, 2.24) is 0 Å². The van der Waals surface area contributed by atoms with Crippen LogP contribution in [0, 0.1) is 0 Å². The molecule has 0 atom stereocenters. The van der Waals surface area contributed by atoms with Gasteiger partial charge in [-0.3, -0.25) is 0 Å². The summed E-state index contributed by atoms with van der Waals surface area (Å²) in [6.07, 6.45) is 0. The Morgan fingerprint density at radius 2 is 1.06 bits per heavy atom. The summed E-state index contributed by atoms with van der Waals surface area (Å²) in [5, 5.41) is 28.5. The Hall–Kier alpha value is -3.31. The van der Waals surface area contributed by atoms with E-state index in [1.807, 2.05) is 24.3 Å². The van der Waals surface area contributed by atoms with Crippen LogP contribution in [0.2, 0.25) is 0 Å². The van der Waals surface area contributed by atoms with Gasteiger partial charge in [0, 0.05) is 10.8 Å². The average Bonchev–Trinajstić information content (AvgIpc) is 3.23. The highest BCUT2D eigenvalue weighted by molar-refractivity contribution is 6.58. The van der Waals surface area contributed by atoms with Crippen molar-refractivity contribution in [3.05, 3.63) is 95.1 Å². The van der Waals surface area contributed by atoms with Gasteiger partial charge < -0.3 is 19.7 Å². The van der Waals surface area contributed by atoms with Gasteiger partial charge in [0.25, 0.3) is 0 Å². The lowest BCUT2D eigenvalue weighted by atomic mass is 9.75. The van der Waals surface area contributed by atoms with E-state index in [0.29, 0.717) is 11.2 Å². The van der Waals surface area contributed by atoms with Gasteiger partial charge in [-0.25, -0.2) is 0 Å². The Labute approximate surface area is 212 Å². The molecule has 0 aromatic heterocycles. The topological polar surface area (TPSA) is 69.9 Å². The van der Waals surface area contributed by atoms with Crippen molar-refractivity contribution in [2.75, 3.05) is 0 Å². The summed E-state index contributed by atoms with van der Waals surface area (Å²) >= 11 is 0. The van der Waals surface area contributed by atoms with Crippen molar-refractivity contribution in [2.24, 2.45) is 0 Å². The van der Waals surface area contributed by atoms with Crippen molar-refractivity contribution in [3.63, 3.8) is 0 Å². The van der Waals surface area contributed by atoms with E-state index in [1.54, 1.807) is 6.07 Å². The van der Waals surface area contributed by atoms with Gasteiger partial charge in [0.05, 0.1) is 0 Å². The summed E-state index contributed by atoms with van der Waals surface area (Å²) in [7, 11) is -0.761. The second kappa shape index (κ2) is 7.84. The zero-order valence-corrected chi connectivity index (χ0v) is 20.8. The van der Waals surface area contributed by atoms with Gasteiger partial charge in [0.1, 0.15) is 5.75 Å². The summed E-state index contributed by atoms with van der Waals surface area (Å²) in [6, 6.07) is 25.0. The fourth-order valence-electron chi connectivity index (χ4n) is 6.13. The lowest BCUT2D eigenvalue weighted by Crippen LogP contribution is -2.31. The standard InChI is InChI=1S/C30H27B2O4/c1-29(2)25-13-17(5-9-21(25)23-11-7-19(32(34)35)15-27(23)29)18-6-10-22-24-12-8-20(36-31-33)16-28(24)30(3,4)26(22)14-18/h5-16,33-35H,1-4H3. The molecule has 2 aliphatic rings. The van der Waals surface area contributed by atoms with Gasteiger partial charge >= 0.3 is 14.8 Å². The molecule has 0 aliphatic heterocycles. The third-order valence-corrected chi connectivity index (χ3v) is 8.17. The number of hydrogen-bond donors (Lipinski definition) is 3. The summed E-state index contributed by atoms with van der Waals surface area (Å²) in [5.74, 6) is 0.620. The number of benzene rings is 4. The largest absolute Gasteiger partial charge is 0.569 e. The van der Waals surface area contributed by atoms with Crippen LogP contribution >= 0.6 is 0 Å². The minimum Gasteiger partial charge on any atom is -0.537 e. The molecule has 4 aromatic rings. The molecule has 0 amide bonds. The molecule has 36 heavy (non-hydrogen) atoms. The number of hydrogen-bond acceptors (Lipinski definition) is 4. The molecule has 0 unspecified atom stereocenters. The van der Waals surface area contributed by atoms with Gasteiger partial charge in [-0.2, -0.15) is 0 Å². The fourth-order valence-corrected chi connectivity index (χ4v) is 6.13. The van der Waals surface area contributed by atoms with Crippen LogP contribution in [0.1, 0.15) is 49.9 Å². The van der Waals surface area contributed by atoms with Gasteiger partial charge in [-0.05, 0) is 85.4 Å². The normalized spacial score (nSPS) is 15.5. The quantitative estimate of drug-likeness (QED) is 0.381. The molecule has 4 aromatic carbocycles. The van der Waals surface area contributed by atoms with Crippen molar-refractivity contribution >= 4 is 20.3 Å². The second-order valence-electron chi connectivity index (χ2n) is 10.9. The van der Waals surface area contributed by atoms with Crippen LogP contribution in [0.5, 0.6) is 5.75 Å². The van der Waals surface area contributed by atoms with E-state index < -0.39 is 7.12 Å². The molecule has 4 nitrogen and oxygen atoms in total. The molecule has 3 N–H and O–H groups in total. The zero-order chi connectivity index (χ0) is 25.4. The summed E-state index contributed by atoms with van der Waals surface area (Å²) in [5.41, 5.74) is 11.9. The van der Waals surface area contributed by atoms with Crippen molar-refractivity contribution in [1.29, 1.82) is 0 Å². The maximum absolute atomic E-state index is 9.70. The van der Waals surface area contributed by atoms with Crippen LogP contribution in [0.15, 0.2) is 72.8 Å². The predicted octanol–water partition coefficient (Wildman–Crippen LogP) is 4.55. The van der Waals surface area contributed by atoms with Gasteiger partial charge in [0.2, 0.25) is 0 Å². The van der Waals surface area contributed by atoms with Crippen LogP contribution < -0.4 is 10.1 Å². The van der Waals surface area contributed by atoms with Gasteiger partial charge in [-0.1, -0.05) is 76.2 Å². The highest BCUT2D eigenvalue weighted by Crippen LogP contribution is 2.52. The van der Waals surface area contributed by atoms with Crippen LogP contribution in [0.25, 0.3) is 33.4 Å². The molecule has 0 heterocycles. The Balaban J connectivity index is 1.43. The Kier molecular flexibility index (Phi) is 5.03. The first kappa shape index (κ1) is 23.1. The molecule has 2 aliphatic carbocycles. The zero-order valence-electron chi connectivity index (χ0n) is 20.8. The van der Waals surface area contributed by atoms with E-state index in [1.165, 1.54) is 33.4 Å². The molecule has 177 valence electrons. The van der Waals surface area contributed by atoms with E-state index in [4.69, 9.17) is 9.68 Å². The summed E-state index contributed by atoms with van der Waals surface area (Å²) < 4.78 is 5.23. The predicted molar refractivity (Wildman–Crippen MR) is 145 cm³/mol. The first-order valence-electron chi connectivity index (χ1n) is 12.2. The first-order chi connectivity index (χ1) is 17.1. The van der Waals surface area contributed by atoms with Crippen LogP contribution in [0.4, 0.5) is 0 Å². The lowest BCUT2D eigenvalue weighted by molar-refractivity contribution is 0.425. The van der Waals surface area contributed by atoms with Crippen LogP contribution in [-0.4, -0.2) is 29.9 Å². The van der Waals surface area contributed by atoms with Crippen molar-refractivity contribution in [3.8, 4) is 39.1 Å². The molecule has 0 saturated heterocycles. The minimum absolute atomic E-state index is 0.205. The van der Waals surface area contributed by atoms with Crippen LogP contribution in [0.3, 0.4) is 0 Å². The maximum Gasteiger partial charge on any atom is 0.569 e. The Morgan fingerprint density at radius 3 is 1.56 bits per heavy atom. The molecule has 1 radical (unpaired) electrons. The smallest absolute Gasteiger partial charge is 0.537 e. The molecule has 6 heteroatoms. The summed E-state index contributed by atoms with van der Waals surface area (Å²) in [4.78, 5) is 0. The van der Waals surface area contributed by atoms with Gasteiger partial charge in [0.15, 0.2) is 0 Å². The number of rotatable bonds is 4. The van der Waals surface area contributed by atoms with Gasteiger partial charge in [-0.15, -0.1) is 0 Å². The Morgan fingerprint density at radius 1 is 0.611 bits per heavy atom. The molecule has 0 bridgehead atoms. The third-order valence-electron chi connectivity index (χ3n) is 8.17. The van der Waals surface area contributed by atoms with Crippen molar-refractivity contribution < 1.29 is 19.7 Å². The van der Waals surface area contributed by atoms with E-state index >= 15 is 0 Å². The van der Waals surface area contributed by atoms with Crippen molar-refractivity contribution in [2.45, 2.75) is 38.5 Å². The molecule has 6 rings (SSSR count). The number of fused-ring (bicyclic) bond motifs is 6. The van der Waals surface area contributed by atoms with E-state index in [2.05, 4.69) is 70.2 Å². The van der Waals surface area contributed by atoms with E-state index in [0.717, 1.165) is 29.9 Å². The van der Waals surface area contributed by atoms with E-state index in [-0.39, 0.29) is 10.8 Å². The molecular weight excluding hydrogens is 446 g/mol. The molecule has 0 fully saturated rings. The Bertz CT molecular complexity index is 1540. The SMILES string of the molecule is CC1(C)c2cc(O[B]O)ccc2-c2ccc(-c3ccc4c(c3)C(C)(C)c3cc(B(O)O)ccc3-4)cc21. The highest BCUT2D eigenvalue weighted by atomic mass is 16.5. The first-order valence-corrected chi connectivity index (χ1v) is 12.2. The van der Waals surface area contributed by atoms with E-state index in [9.17, 15) is 10.0 Å². The molecule has 0 saturated carbocycles. The fraction of sp³-hybridized carbons (Fsp3) is 0.200. The third kappa shape index (κ3) is 3.22. The molecular formula is C30H27B2O4. The second-order valence-corrected chi connectivity index (χ2v) is 10.9. The highest BCUT2D eigenvalue weighted by Gasteiger charge is 2.38. The summed E-state index contributed by atoms with van der Waals surface area (Å²) in [6.45, 7) is 8.84. The lowest BCUT2D eigenvalue weighted by Gasteiger charge is -2.23.